The van der Waals surface area contributed by atoms with Gasteiger partial charge < -0.3 is 14.6 Å². The van der Waals surface area contributed by atoms with Gasteiger partial charge in [0, 0.05) is 42.3 Å². The maximum absolute atomic E-state index is 13.5. The normalized spacial score (nSPS) is 23.4. The molecule has 2 fully saturated rings. The first-order chi connectivity index (χ1) is 14.7. The monoisotopic (exact) mass is 397 g/mol. The van der Waals surface area contributed by atoms with Crippen molar-refractivity contribution in [2.75, 3.05) is 18.0 Å². The van der Waals surface area contributed by atoms with Crippen molar-refractivity contribution >= 4 is 27.4 Å². The van der Waals surface area contributed by atoms with E-state index in [1.165, 1.54) is 0 Å². The van der Waals surface area contributed by atoms with E-state index in [9.17, 15) is 9.90 Å². The predicted octanol–water partition coefficient (Wildman–Crippen LogP) is 3.85. The topological polar surface area (TPSA) is 58.4 Å². The molecule has 4 aromatic rings. The first-order valence-electron chi connectivity index (χ1n) is 10.6. The molecule has 5 heteroatoms. The standard InChI is InChI=1S/C25H23N3O2/c29-18-11-12-27(15-18)22-7-3-5-17-10-13-28(25(30)24(17)22)23-14-19(23)21-9-8-16-4-1-2-6-20(16)26-21/h1-10,13,18-19,23,29H,11-12,14-15H2/t18-,19-,23-/m1/s1. The molecule has 3 atom stereocenters. The summed E-state index contributed by atoms with van der Waals surface area (Å²) >= 11 is 0. The van der Waals surface area contributed by atoms with Crippen LogP contribution in [0.15, 0.2) is 71.7 Å². The zero-order valence-corrected chi connectivity index (χ0v) is 16.6. The lowest BCUT2D eigenvalue weighted by Crippen LogP contribution is -2.25. The number of pyridine rings is 2. The molecule has 150 valence electrons. The Labute approximate surface area is 174 Å². The van der Waals surface area contributed by atoms with Crippen molar-refractivity contribution in [1.82, 2.24) is 9.55 Å². The number of hydrogen-bond donors (Lipinski definition) is 1. The van der Waals surface area contributed by atoms with Crippen LogP contribution in [0.3, 0.4) is 0 Å². The highest BCUT2D eigenvalue weighted by atomic mass is 16.3. The molecule has 2 aromatic carbocycles. The van der Waals surface area contributed by atoms with Crippen LogP contribution in [0.4, 0.5) is 5.69 Å². The molecule has 1 aliphatic heterocycles. The molecule has 1 N–H and O–H groups in total. The van der Waals surface area contributed by atoms with Crippen molar-refractivity contribution in [2.24, 2.45) is 0 Å². The molecule has 0 amide bonds. The number of nitrogens with zero attached hydrogens (tertiary/aromatic N) is 3. The van der Waals surface area contributed by atoms with Crippen LogP contribution in [-0.2, 0) is 0 Å². The number of hydrogen-bond acceptors (Lipinski definition) is 4. The fraction of sp³-hybridized carbons (Fsp3) is 0.280. The zero-order chi connectivity index (χ0) is 20.2. The number of anilines is 1. The summed E-state index contributed by atoms with van der Waals surface area (Å²) in [5.41, 5.74) is 3.05. The van der Waals surface area contributed by atoms with Crippen molar-refractivity contribution in [3.05, 3.63) is 82.9 Å². The van der Waals surface area contributed by atoms with Gasteiger partial charge >= 0.3 is 0 Å². The lowest BCUT2D eigenvalue weighted by Gasteiger charge is -2.20. The minimum Gasteiger partial charge on any atom is -0.391 e. The molecular weight excluding hydrogens is 374 g/mol. The van der Waals surface area contributed by atoms with Crippen molar-refractivity contribution in [3.8, 4) is 0 Å². The van der Waals surface area contributed by atoms with Crippen LogP contribution < -0.4 is 10.5 Å². The Morgan fingerprint density at radius 2 is 1.83 bits per heavy atom. The van der Waals surface area contributed by atoms with E-state index in [1.54, 1.807) is 0 Å². The van der Waals surface area contributed by atoms with Crippen LogP contribution >= 0.6 is 0 Å². The summed E-state index contributed by atoms with van der Waals surface area (Å²) in [5, 5.41) is 12.8. The van der Waals surface area contributed by atoms with E-state index >= 15 is 0 Å². The number of para-hydroxylation sites is 1. The number of aliphatic hydroxyl groups is 1. The molecule has 1 saturated heterocycles. The molecule has 1 saturated carbocycles. The highest BCUT2D eigenvalue weighted by Crippen LogP contribution is 2.50. The van der Waals surface area contributed by atoms with Crippen LogP contribution in [0.1, 0.15) is 30.5 Å². The summed E-state index contributed by atoms with van der Waals surface area (Å²) < 4.78 is 1.89. The van der Waals surface area contributed by atoms with Crippen molar-refractivity contribution < 1.29 is 5.11 Å². The fourth-order valence-electron chi connectivity index (χ4n) is 4.87. The maximum atomic E-state index is 13.5. The van der Waals surface area contributed by atoms with E-state index in [0.29, 0.717) is 6.54 Å². The van der Waals surface area contributed by atoms with Crippen molar-refractivity contribution in [3.63, 3.8) is 0 Å². The molecule has 0 spiro atoms. The van der Waals surface area contributed by atoms with Crippen LogP contribution in [0, 0.1) is 0 Å². The van der Waals surface area contributed by atoms with Gasteiger partial charge in [-0.1, -0.05) is 36.4 Å². The molecule has 1 aliphatic carbocycles. The predicted molar refractivity (Wildman–Crippen MR) is 119 cm³/mol. The Balaban J connectivity index is 1.39. The third-order valence-electron chi connectivity index (χ3n) is 6.56. The van der Waals surface area contributed by atoms with E-state index in [1.807, 2.05) is 53.2 Å². The van der Waals surface area contributed by atoms with E-state index in [0.717, 1.165) is 52.4 Å². The molecule has 2 aromatic heterocycles. The second kappa shape index (κ2) is 6.67. The van der Waals surface area contributed by atoms with Gasteiger partial charge in [-0.05, 0) is 42.5 Å². The second-order valence-corrected chi connectivity index (χ2v) is 8.50. The Kier molecular flexibility index (Phi) is 3.93. The van der Waals surface area contributed by atoms with Gasteiger partial charge in [0.15, 0.2) is 0 Å². The van der Waals surface area contributed by atoms with Crippen LogP contribution in [-0.4, -0.2) is 33.9 Å². The highest BCUT2D eigenvalue weighted by Gasteiger charge is 2.42. The minimum absolute atomic E-state index is 0.0535. The summed E-state index contributed by atoms with van der Waals surface area (Å²) in [6.07, 6.45) is 3.29. The first-order valence-corrected chi connectivity index (χ1v) is 10.6. The summed E-state index contributed by atoms with van der Waals surface area (Å²) in [6.45, 7) is 1.36. The van der Waals surface area contributed by atoms with Crippen LogP contribution in [0.5, 0.6) is 0 Å². The fourth-order valence-corrected chi connectivity index (χ4v) is 4.87. The Hall–Kier alpha value is -3.18. The maximum Gasteiger partial charge on any atom is 0.260 e. The van der Waals surface area contributed by atoms with Crippen LogP contribution in [0.25, 0.3) is 21.7 Å². The van der Waals surface area contributed by atoms with E-state index in [2.05, 4.69) is 23.1 Å². The number of fused-ring (bicyclic) bond motifs is 2. The molecule has 2 aliphatic rings. The number of aliphatic hydroxyl groups excluding tert-OH is 1. The average Bonchev–Trinajstić information content (AvgIpc) is 3.45. The third-order valence-corrected chi connectivity index (χ3v) is 6.56. The highest BCUT2D eigenvalue weighted by molar-refractivity contribution is 5.93. The largest absolute Gasteiger partial charge is 0.391 e. The minimum atomic E-state index is -0.321. The zero-order valence-electron chi connectivity index (χ0n) is 16.6. The number of rotatable bonds is 3. The lowest BCUT2D eigenvalue weighted by molar-refractivity contribution is 0.198. The van der Waals surface area contributed by atoms with Gasteiger partial charge in [-0.2, -0.15) is 0 Å². The molecular formula is C25H23N3O2. The van der Waals surface area contributed by atoms with Gasteiger partial charge in [0.25, 0.3) is 5.56 Å². The molecule has 3 heterocycles. The smallest absolute Gasteiger partial charge is 0.260 e. The van der Waals surface area contributed by atoms with Gasteiger partial charge in [0.1, 0.15) is 0 Å². The molecule has 6 rings (SSSR count). The summed E-state index contributed by atoms with van der Waals surface area (Å²) in [7, 11) is 0. The van der Waals surface area contributed by atoms with E-state index in [-0.39, 0.29) is 23.6 Å². The molecule has 0 unspecified atom stereocenters. The van der Waals surface area contributed by atoms with Gasteiger partial charge in [0.2, 0.25) is 0 Å². The third kappa shape index (κ3) is 2.81. The van der Waals surface area contributed by atoms with E-state index in [4.69, 9.17) is 4.98 Å². The average molecular weight is 397 g/mol. The van der Waals surface area contributed by atoms with Gasteiger partial charge in [-0.3, -0.25) is 9.78 Å². The van der Waals surface area contributed by atoms with Gasteiger partial charge in [0.05, 0.1) is 22.7 Å². The summed E-state index contributed by atoms with van der Waals surface area (Å²) in [6, 6.07) is 20.5. The number of β-amino-alcohol motifs (C(OH)–C–C–N with tert-alkyl or cyclic N) is 1. The SMILES string of the molecule is O=c1c2c(N3CC[C@@H](O)C3)cccc2ccn1[C@@H]1C[C@@H]1c1ccc2ccccc2n1. The second-order valence-electron chi connectivity index (χ2n) is 8.50. The summed E-state index contributed by atoms with van der Waals surface area (Å²) in [4.78, 5) is 20.5. The Morgan fingerprint density at radius 1 is 0.967 bits per heavy atom. The Morgan fingerprint density at radius 3 is 2.70 bits per heavy atom. The molecule has 0 bridgehead atoms. The molecule has 5 nitrogen and oxygen atoms in total. The first kappa shape index (κ1) is 17.7. The quantitative estimate of drug-likeness (QED) is 0.571. The van der Waals surface area contributed by atoms with Crippen molar-refractivity contribution in [2.45, 2.75) is 30.9 Å². The van der Waals surface area contributed by atoms with Gasteiger partial charge in [-0.15, -0.1) is 0 Å². The Bertz CT molecular complexity index is 1330. The molecule has 0 radical (unpaired) electrons. The lowest BCUT2D eigenvalue weighted by atomic mass is 10.1. The number of benzene rings is 2. The number of aromatic nitrogens is 2. The van der Waals surface area contributed by atoms with Crippen molar-refractivity contribution in [1.29, 1.82) is 0 Å². The van der Waals surface area contributed by atoms with E-state index < -0.39 is 0 Å². The summed E-state index contributed by atoms with van der Waals surface area (Å²) in [5.74, 6) is 0.269. The van der Waals surface area contributed by atoms with Crippen LogP contribution in [0.2, 0.25) is 0 Å². The van der Waals surface area contributed by atoms with Gasteiger partial charge in [-0.25, -0.2) is 0 Å². The molecule has 30 heavy (non-hydrogen) atoms.